The molecule has 0 saturated heterocycles. The zero-order valence-corrected chi connectivity index (χ0v) is 29.7. The van der Waals surface area contributed by atoms with Gasteiger partial charge in [-0.25, -0.2) is 0 Å². The molecule has 0 radical (unpaired) electrons. The molecule has 11 rings (SSSR count). The number of nitrogen functional groups attached to an aromatic ring is 1. The molecule has 9 aromatic rings. The third-order valence-electron chi connectivity index (χ3n) is 11.9. The molecule has 0 unspecified atom stereocenters. The Morgan fingerprint density at radius 3 is 1.83 bits per heavy atom. The average molecular weight is 689 g/mol. The minimum absolute atomic E-state index is 0.432. The van der Waals surface area contributed by atoms with Gasteiger partial charge in [-0.3, -0.25) is 0 Å². The van der Waals surface area contributed by atoms with E-state index in [1.54, 1.807) is 0 Å². The van der Waals surface area contributed by atoms with Crippen LogP contribution >= 0.6 is 0 Å². The highest BCUT2D eigenvalue weighted by Crippen LogP contribution is 2.57. The maximum absolute atomic E-state index is 6.64. The van der Waals surface area contributed by atoms with Crippen LogP contribution < -0.4 is 5.73 Å². The molecule has 0 fully saturated rings. The highest BCUT2D eigenvalue weighted by Gasteiger charge is 2.46. The van der Waals surface area contributed by atoms with Gasteiger partial charge in [0.25, 0.3) is 0 Å². The van der Waals surface area contributed by atoms with Crippen molar-refractivity contribution < 1.29 is 0 Å². The molecule has 2 heteroatoms. The summed E-state index contributed by atoms with van der Waals surface area (Å²) in [6.45, 7) is 0.731. The Kier molecular flexibility index (Phi) is 6.72. The normalized spacial score (nSPS) is 14.3. The van der Waals surface area contributed by atoms with E-state index >= 15 is 0 Å². The molecule has 0 amide bonds. The van der Waals surface area contributed by atoms with Crippen LogP contribution in [0, 0.1) is 0 Å². The van der Waals surface area contributed by atoms with Crippen molar-refractivity contribution in [2.75, 3.05) is 5.73 Å². The summed E-state index contributed by atoms with van der Waals surface area (Å²) in [5, 5.41) is 2.52. The number of rotatable bonds is 5. The van der Waals surface area contributed by atoms with E-state index in [1.807, 2.05) is 6.07 Å². The zero-order valence-electron chi connectivity index (χ0n) is 29.7. The number of fused-ring (bicyclic) bond motifs is 9. The molecule has 0 saturated carbocycles. The monoisotopic (exact) mass is 688 g/mol. The molecular weight excluding hydrogens is 653 g/mol. The summed E-state index contributed by atoms with van der Waals surface area (Å²) in [4.78, 5) is 0. The summed E-state index contributed by atoms with van der Waals surface area (Å²) in [5.41, 5.74) is 25.8. The van der Waals surface area contributed by atoms with E-state index < -0.39 is 5.41 Å². The lowest BCUT2D eigenvalue weighted by Gasteiger charge is -2.34. The van der Waals surface area contributed by atoms with Crippen LogP contribution in [0.2, 0.25) is 0 Å². The minimum Gasteiger partial charge on any atom is -0.398 e. The van der Waals surface area contributed by atoms with Gasteiger partial charge >= 0.3 is 0 Å². The molecule has 2 aliphatic rings. The second-order valence-electron chi connectivity index (χ2n) is 14.6. The topological polar surface area (TPSA) is 30.9 Å². The average Bonchev–Trinajstić information content (AvgIpc) is 3.85. The number of hydrogen-bond acceptors (Lipinski definition) is 1. The van der Waals surface area contributed by atoms with Crippen molar-refractivity contribution in [3.8, 4) is 33.4 Å². The molecule has 0 bridgehead atoms. The molecule has 0 aliphatic heterocycles. The van der Waals surface area contributed by atoms with E-state index in [-0.39, 0.29) is 0 Å². The summed E-state index contributed by atoms with van der Waals surface area (Å²) >= 11 is 0. The molecule has 2 aliphatic carbocycles. The molecule has 54 heavy (non-hydrogen) atoms. The Morgan fingerprint density at radius 2 is 1.04 bits per heavy atom. The van der Waals surface area contributed by atoms with E-state index in [9.17, 15) is 0 Å². The number of para-hydroxylation sites is 1. The van der Waals surface area contributed by atoms with Gasteiger partial charge in [0, 0.05) is 39.6 Å². The van der Waals surface area contributed by atoms with Crippen LogP contribution in [0.15, 0.2) is 194 Å². The van der Waals surface area contributed by atoms with Crippen molar-refractivity contribution in [1.82, 2.24) is 4.57 Å². The van der Waals surface area contributed by atoms with Crippen LogP contribution in [0.5, 0.6) is 0 Å². The molecular formula is C52H36N2. The summed E-state index contributed by atoms with van der Waals surface area (Å²) in [5.74, 6) is 0. The molecule has 8 aromatic carbocycles. The number of benzene rings is 8. The standard InChI is InChI=1S/C52H36N2/c53-48-24-13-22-43-38-18-7-8-19-39(38)44(51(43)48)30-31-54-49-25-12-10-21-42(49)45-32-34(27-29-50(45)54)35-26-28-41-40-20-9-11-23-46(40)52(47(41)33-35,36-14-3-1-4-15-36)37-16-5-2-6-17-37/h1-30,32-33H,31,53H2/b44-30-. The number of anilines is 1. The Bertz CT molecular complexity index is 2930. The van der Waals surface area contributed by atoms with Crippen LogP contribution in [0.3, 0.4) is 0 Å². The molecule has 0 spiro atoms. The third kappa shape index (κ3) is 4.28. The van der Waals surface area contributed by atoms with Crippen molar-refractivity contribution >= 4 is 33.1 Å². The first-order valence-electron chi connectivity index (χ1n) is 18.8. The van der Waals surface area contributed by atoms with E-state index in [2.05, 4.69) is 193 Å². The molecule has 1 heterocycles. The van der Waals surface area contributed by atoms with Gasteiger partial charge in [0.2, 0.25) is 0 Å². The number of nitrogens with zero attached hydrogens (tertiary/aromatic N) is 1. The summed E-state index contributed by atoms with van der Waals surface area (Å²) in [7, 11) is 0. The lowest BCUT2D eigenvalue weighted by atomic mass is 9.67. The van der Waals surface area contributed by atoms with E-state index in [1.165, 1.54) is 88.6 Å². The van der Waals surface area contributed by atoms with Crippen molar-refractivity contribution in [2.24, 2.45) is 0 Å². The van der Waals surface area contributed by atoms with E-state index in [0.29, 0.717) is 0 Å². The first-order chi connectivity index (χ1) is 26.7. The number of hydrogen-bond donors (Lipinski definition) is 1. The maximum atomic E-state index is 6.64. The number of aromatic nitrogens is 1. The number of nitrogens with two attached hydrogens (primary N) is 1. The largest absolute Gasteiger partial charge is 0.398 e. The summed E-state index contributed by atoms with van der Waals surface area (Å²) < 4.78 is 2.45. The second-order valence-corrected chi connectivity index (χ2v) is 14.6. The Morgan fingerprint density at radius 1 is 0.444 bits per heavy atom. The summed E-state index contributed by atoms with van der Waals surface area (Å²) in [6, 6.07) is 68.9. The summed E-state index contributed by atoms with van der Waals surface area (Å²) in [6.07, 6.45) is 2.37. The van der Waals surface area contributed by atoms with Crippen LogP contribution in [-0.2, 0) is 12.0 Å². The lowest BCUT2D eigenvalue weighted by Crippen LogP contribution is -2.28. The maximum Gasteiger partial charge on any atom is 0.0713 e. The van der Waals surface area contributed by atoms with Gasteiger partial charge in [0.15, 0.2) is 0 Å². The van der Waals surface area contributed by atoms with E-state index in [0.717, 1.165) is 17.8 Å². The van der Waals surface area contributed by atoms with E-state index in [4.69, 9.17) is 5.73 Å². The van der Waals surface area contributed by atoms with Gasteiger partial charge in [-0.1, -0.05) is 164 Å². The van der Waals surface area contributed by atoms with Gasteiger partial charge < -0.3 is 10.3 Å². The predicted octanol–water partition coefficient (Wildman–Crippen LogP) is 12.5. The highest BCUT2D eigenvalue weighted by atomic mass is 15.0. The van der Waals surface area contributed by atoms with Gasteiger partial charge in [-0.05, 0) is 97.1 Å². The molecule has 2 N–H and O–H groups in total. The zero-order chi connectivity index (χ0) is 35.8. The van der Waals surface area contributed by atoms with Gasteiger partial charge in [-0.2, -0.15) is 0 Å². The SMILES string of the molecule is Nc1cccc2c1/C(=C\Cn1c3ccccc3c3cc(-c4ccc5c(c4)C(c4ccccc4)(c4ccccc4)c4ccccc4-5)ccc31)c1ccccc1-2. The van der Waals surface area contributed by atoms with Crippen molar-refractivity contribution in [3.63, 3.8) is 0 Å². The van der Waals surface area contributed by atoms with Crippen molar-refractivity contribution in [2.45, 2.75) is 12.0 Å². The number of allylic oxidation sites excluding steroid dienone is 1. The Balaban J connectivity index is 1.07. The van der Waals surface area contributed by atoms with Gasteiger partial charge in [0.05, 0.1) is 5.41 Å². The van der Waals surface area contributed by atoms with Crippen molar-refractivity contribution in [1.29, 1.82) is 0 Å². The van der Waals surface area contributed by atoms with Crippen molar-refractivity contribution in [3.05, 3.63) is 228 Å². The van der Waals surface area contributed by atoms with Crippen LogP contribution in [0.4, 0.5) is 5.69 Å². The predicted molar refractivity (Wildman–Crippen MR) is 226 cm³/mol. The first-order valence-corrected chi connectivity index (χ1v) is 18.8. The molecule has 0 atom stereocenters. The fourth-order valence-electron chi connectivity index (χ4n) is 9.63. The quantitative estimate of drug-likeness (QED) is 0.179. The van der Waals surface area contributed by atoms with Crippen LogP contribution in [-0.4, -0.2) is 4.57 Å². The minimum atomic E-state index is -0.432. The molecule has 254 valence electrons. The Hall–Kier alpha value is -6.90. The Labute approximate surface area is 315 Å². The fraction of sp³-hybridized carbons (Fsp3) is 0.0385. The third-order valence-corrected chi connectivity index (χ3v) is 11.9. The smallest absolute Gasteiger partial charge is 0.0713 e. The highest BCUT2D eigenvalue weighted by molar-refractivity contribution is 6.10. The first kappa shape index (κ1) is 30.7. The van der Waals surface area contributed by atoms with Gasteiger partial charge in [0.1, 0.15) is 0 Å². The van der Waals surface area contributed by atoms with Crippen LogP contribution in [0.25, 0.3) is 60.8 Å². The lowest BCUT2D eigenvalue weighted by molar-refractivity contribution is 0.769. The second kappa shape index (κ2) is 11.8. The molecule has 1 aromatic heterocycles. The fourth-order valence-corrected chi connectivity index (χ4v) is 9.63. The van der Waals surface area contributed by atoms with Gasteiger partial charge in [-0.15, -0.1) is 0 Å². The molecule has 2 nitrogen and oxygen atoms in total. The van der Waals surface area contributed by atoms with Crippen LogP contribution in [0.1, 0.15) is 33.4 Å².